The minimum Gasteiger partial charge on any atom is -0.483 e. The van der Waals surface area contributed by atoms with E-state index in [4.69, 9.17) is 4.74 Å². The van der Waals surface area contributed by atoms with Crippen molar-refractivity contribution in [2.24, 2.45) is 0 Å². The maximum Gasteiger partial charge on any atom is 0.310 e. The number of para-hydroxylation sites is 2. The molecule has 4 nitrogen and oxygen atoms in total. The maximum atomic E-state index is 10.7. The van der Waals surface area contributed by atoms with Crippen molar-refractivity contribution >= 4 is 21.6 Å². The molecule has 0 N–H and O–H groups in total. The van der Waals surface area contributed by atoms with E-state index in [2.05, 4.69) is 15.9 Å². The van der Waals surface area contributed by atoms with Crippen LogP contribution in [0.1, 0.15) is 12.8 Å². The molecular formula is C10H10BrNO3. The zero-order chi connectivity index (χ0) is 10.8. The number of ether oxygens (including phenoxy) is 1. The van der Waals surface area contributed by atoms with Crippen LogP contribution in [0.3, 0.4) is 0 Å². The van der Waals surface area contributed by atoms with Crippen molar-refractivity contribution in [2.75, 3.05) is 0 Å². The van der Waals surface area contributed by atoms with Gasteiger partial charge in [-0.1, -0.05) is 28.1 Å². The Morgan fingerprint density at radius 3 is 2.67 bits per heavy atom. The second kappa shape index (κ2) is 4.18. The second-order valence-corrected chi connectivity index (χ2v) is 4.83. The van der Waals surface area contributed by atoms with Crippen LogP contribution in [-0.2, 0) is 0 Å². The largest absolute Gasteiger partial charge is 0.483 e. The van der Waals surface area contributed by atoms with Crippen LogP contribution in [0.25, 0.3) is 0 Å². The molecule has 0 saturated heterocycles. The first-order valence-corrected chi connectivity index (χ1v) is 5.62. The summed E-state index contributed by atoms with van der Waals surface area (Å²) in [4.78, 5) is 10.8. The zero-order valence-corrected chi connectivity index (χ0v) is 9.51. The maximum absolute atomic E-state index is 10.7. The molecule has 1 saturated carbocycles. The van der Waals surface area contributed by atoms with Gasteiger partial charge < -0.3 is 4.74 Å². The minimum absolute atomic E-state index is 0.0375. The summed E-state index contributed by atoms with van der Waals surface area (Å²) in [6.45, 7) is 0. The Labute approximate surface area is 95.5 Å². The molecule has 1 aliphatic carbocycles. The Morgan fingerprint density at radius 1 is 1.40 bits per heavy atom. The van der Waals surface area contributed by atoms with E-state index in [1.54, 1.807) is 18.2 Å². The van der Waals surface area contributed by atoms with Crippen molar-refractivity contribution in [1.82, 2.24) is 0 Å². The lowest BCUT2D eigenvalue weighted by Crippen LogP contribution is -2.34. The van der Waals surface area contributed by atoms with Gasteiger partial charge in [-0.25, -0.2) is 0 Å². The molecule has 1 aromatic rings. The Hall–Kier alpha value is -1.10. The number of hydrogen-bond donors (Lipinski definition) is 0. The summed E-state index contributed by atoms with van der Waals surface area (Å²) in [5.74, 6) is 0.368. The lowest BCUT2D eigenvalue weighted by atomic mass is 9.96. The van der Waals surface area contributed by atoms with Gasteiger partial charge >= 0.3 is 5.69 Å². The van der Waals surface area contributed by atoms with Crippen molar-refractivity contribution in [3.8, 4) is 5.75 Å². The van der Waals surface area contributed by atoms with Gasteiger partial charge in [0.1, 0.15) is 6.10 Å². The van der Waals surface area contributed by atoms with Gasteiger partial charge in [-0.3, -0.25) is 10.1 Å². The first kappa shape index (κ1) is 10.4. The first-order chi connectivity index (χ1) is 7.16. The fourth-order valence-electron chi connectivity index (χ4n) is 1.48. The number of nitro groups is 1. The highest BCUT2D eigenvalue weighted by Crippen LogP contribution is 2.34. The molecule has 0 amide bonds. The van der Waals surface area contributed by atoms with Gasteiger partial charge in [-0.15, -0.1) is 0 Å². The molecule has 80 valence electrons. The van der Waals surface area contributed by atoms with E-state index < -0.39 is 4.92 Å². The van der Waals surface area contributed by atoms with Crippen LogP contribution in [0.4, 0.5) is 5.69 Å². The fourth-order valence-corrected chi connectivity index (χ4v) is 2.32. The molecule has 1 aromatic carbocycles. The smallest absolute Gasteiger partial charge is 0.310 e. The van der Waals surface area contributed by atoms with Crippen LogP contribution in [0.2, 0.25) is 0 Å². The quantitative estimate of drug-likeness (QED) is 0.483. The van der Waals surface area contributed by atoms with E-state index in [0.29, 0.717) is 10.6 Å². The lowest BCUT2D eigenvalue weighted by Gasteiger charge is -2.31. The summed E-state index contributed by atoms with van der Waals surface area (Å²) in [5.41, 5.74) is 0.0375. The number of alkyl halides is 1. The molecule has 1 fully saturated rings. The Kier molecular flexibility index (Phi) is 2.90. The molecule has 0 spiro atoms. The standard InChI is InChI=1S/C10H10BrNO3/c11-7-5-8(6-7)15-10-4-2-1-3-9(10)12(13)14/h1-4,7-8H,5-6H2. The fraction of sp³-hybridized carbons (Fsp3) is 0.400. The van der Waals surface area contributed by atoms with Gasteiger partial charge in [0.25, 0.3) is 0 Å². The number of halogens is 1. The third-order valence-electron chi connectivity index (χ3n) is 2.39. The molecule has 0 aliphatic heterocycles. The molecule has 2 rings (SSSR count). The third kappa shape index (κ3) is 2.28. The number of benzene rings is 1. The Bertz CT molecular complexity index is 377. The summed E-state index contributed by atoms with van der Waals surface area (Å²) >= 11 is 3.45. The second-order valence-electron chi connectivity index (χ2n) is 3.53. The normalized spacial score (nSPS) is 24.3. The number of hydrogen-bond acceptors (Lipinski definition) is 3. The zero-order valence-electron chi connectivity index (χ0n) is 7.93. The van der Waals surface area contributed by atoms with Crippen molar-refractivity contribution in [3.63, 3.8) is 0 Å². The molecule has 0 bridgehead atoms. The molecule has 0 radical (unpaired) electrons. The lowest BCUT2D eigenvalue weighted by molar-refractivity contribution is -0.386. The Balaban J connectivity index is 2.10. The molecular weight excluding hydrogens is 262 g/mol. The van der Waals surface area contributed by atoms with Crippen LogP contribution in [0, 0.1) is 10.1 Å². The van der Waals surface area contributed by atoms with E-state index in [1.807, 2.05) is 0 Å². The number of nitrogens with zero attached hydrogens (tertiary/aromatic N) is 1. The van der Waals surface area contributed by atoms with Gasteiger partial charge in [0, 0.05) is 10.9 Å². The molecule has 0 unspecified atom stereocenters. The molecule has 15 heavy (non-hydrogen) atoms. The van der Waals surface area contributed by atoms with Gasteiger partial charge in [0.15, 0.2) is 5.75 Å². The summed E-state index contributed by atoms with van der Waals surface area (Å²) in [6, 6.07) is 6.48. The number of nitro benzene ring substituents is 1. The van der Waals surface area contributed by atoms with Crippen LogP contribution >= 0.6 is 15.9 Å². The van der Waals surface area contributed by atoms with Crippen molar-refractivity contribution in [2.45, 2.75) is 23.8 Å². The SMILES string of the molecule is O=[N+]([O-])c1ccccc1OC1CC(Br)C1. The highest BCUT2D eigenvalue weighted by Gasteiger charge is 2.30. The minimum atomic E-state index is -0.417. The van der Waals surface area contributed by atoms with Gasteiger partial charge in [0.05, 0.1) is 4.92 Å². The monoisotopic (exact) mass is 271 g/mol. The highest BCUT2D eigenvalue weighted by molar-refractivity contribution is 9.09. The van der Waals surface area contributed by atoms with Gasteiger partial charge in [-0.05, 0) is 18.9 Å². The van der Waals surface area contributed by atoms with Crippen molar-refractivity contribution in [1.29, 1.82) is 0 Å². The molecule has 0 aromatic heterocycles. The molecule has 0 atom stereocenters. The van der Waals surface area contributed by atoms with E-state index in [9.17, 15) is 10.1 Å². The summed E-state index contributed by atoms with van der Waals surface area (Å²) < 4.78 is 5.54. The van der Waals surface area contributed by atoms with Crippen molar-refractivity contribution in [3.05, 3.63) is 34.4 Å². The summed E-state index contributed by atoms with van der Waals surface area (Å²) in [5, 5.41) is 10.7. The topological polar surface area (TPSA) is 52.4 Å². The molecule has 1 aliphatic rings. The average Bonchev–Trinajstić information content (AvgIpc) is 2.16. The van der Waals surface area contributed by atoms with Crippen LogP contribution in [0.15, 0.2) is 24.3 Å². The van der Waals surface area contributed by atoms with Crippen LogP contribution in [-0.4, -0.2) is 15.9 Å². The summed E-state index contributed by atoms with van der Waals surface area (Å²) in [7, 11) is 0. The van der Waals surface area contributed by atoms with Crippen LogP contribution < -0.4 is 4.74 Å². The van der Waals surface area contributed by atoms with Crippen LogP contribution in [0.5, 0.6) is 5.75 Å². The average molecular weight is 272 g/mol. The predicted octanol–water partition coefficient (Wildman–Crippen LogP) is 2.90. The van der Waals surface area contributed by atoms with E-state index in [1.165, 1.54) is 6.07 Å². The molecule has 0 heterocycles. The van der Waals surface area contributed by atoms with Gasteiger partial charge in [-0.2, -0.15) is 0 Å². The highest BCUT2D eigenvalue weighted by atomic mass is 79.9. The van der Waals surface area contributed by atoms with E-state index >= 15 is 0 Å². The third-order valence-corrected chi connectivity index (χ3v) is 3.14. The summed E-state index contributed by atoms with van der Waals surface area (Å²) in [6.07, 6.45) is 1.92. The van der Waals surface area contributed by atoms with E-state index in [0.717, 1.165) is 12.8 Å². The van der Waals surface area contributed by atoms with Gasteiger partial charge in [0.2, 0.25) is 0 Å². The molecule has 5 heteroatoms. The first-order valence-electron chi connectivity index (χ1n) is 4.71. The Morgan fingerprint density at radius 2 is 2.07 bits per heavy atom. The number of rotatable bonds is 3. The van der Waals surface area contributed by atoms with E-state index in [-0.39, 0.29) is 11.8 Å². The predicted molar refractivity (Wildman–Crippen MR) is 59.5 cm³/mol. The van der Waals surface area contributed by atoms with Crippen molar-refractivity contribution < 1.29 is 9.66 Å².